The number of nitrogens with zero attached hydrogens (tertiary/aromatic N) is 1. The molecular weight excluding hydrogens is 196 g/mol. The molecule has 0 aromatic carbocycles. The van der Waals surface area contributed by atoms with Crippen molar-refractivity contribution in [2.45, 2.75) is 6.92 Å². The highest BCUT2D eigenvalue weighted by molar-refractivity contribution is 8.13. The van der Waals surface area contributed by atoms with Crippen LogP contribution >= 0.6 is 11.8 Å². The fourth-order valence-electron chi connectivity index (χ4n) is 0.917. The summed E-state index contributed by atoms with van der Waals surface area (Å²) >= 11 is 1.28. The number of aromatic nitrogens is 1. The van der Waals surface area contributed by atoms with Crippen LogP contribution < -0.4 is 5.73 Å². The van der Waals surface area contributed by atoms with E-state index in [-0.39, 0.29) is 5.12 Å². The number of nitrogens with two attached hydrogens (primary N) is 1. The summed E-state index contributed by atoms with van der Waals surface area (Å²) in [6.07, 6.45) is 7.15. The number of nitrogen functional groups attached to an aromatic ring is 1. The van der Waals surface area contributed by atoms with Crippen molar-refractivity contribution in [3.63, 3.8) is 0 Å². The van der Waals surface area contributed by atoms with Gasteiger partial charge in [0.2, 0.25) is 0 Å². The molecule has 2 N–H and O–H groups in total. The second kappa shape index (κ2) is 5.44. The van der Waals surface area contributed by atoms with E-state index >= 15 is 0 Å². The minimum absolute atomic E-state index is 0.125. The van der Waals surface area contributed by atoms with Crippen molar-refractivity contribution in [3.8, 4) is 0 Å². The summed E-state index contributed by atoms with van der Waals surface area (Å²) in [4.78, 5) is 14.6. The topological polar surface area (TPSA) is 56.0 Å². The summed E-state index contributed by atoms with van der Waals surface area (Å²) in [5.41, 5.74) is 7.15. The Labute approximate surface area is 87.4 Å². The third-order valence-corrected chi connectivity index (χ3v) is 2.24. The number of rotatable bonds is 3. The van der Waals surface area contributed by atoms with Gasteiger partial charge in [0.05, 0.1) is 5.69 Å². The highest BCUT2D eigenvalue weighted by atomic mass is 32.2. The largest absolute Gasteiger partial charge is 0.397 e. The Morgan fingerprint density at radius 2 is 2.43 bits per heavy atom. The number of thioether (sulfide) groups is 1. The van der Waals surface area contributed by atoms with Crippen molar-refractivity contribution in [2.24, 2.45) is 0 Å². The van der Waals surface area contributed by atoms with E-state index < -0.39 is 0 Å². The molecule has 3 nitrogen and oxygen atoms in total. The highest BCUT2D eigenvalue weighted by Crippen LogP contribution is 2.07. The van der Waals surface area contributed by atoms with Crippen LogP contribution in [0.15, 0.2) is 24.5 Å². The van der Waals surface area contributed by atoms with Crippen molar-refractivity contribution in [1.82, 2.24) is 4.98 Å². The first-order chi connectivity index (χ1) is 6.68. The molecule has 0 radical (unpaired) electrons. The van der Waals surface area contributed by atoms with E-state index in [1.807, 2.05) is 18.2 Å². The third-order valence-electron chi connectivity index (χ3n) is 1.47. The number of hydrogen-bond donors (Lipinski definition) is 1. The summed E-state index contributed by atoms with van der Waals surface area (Å²) in [6, 6.07) is 1.84. The summed E-state index contributed by atoms with van der Waals surface area (Å²) in [5.74, 6) is 0.685. The van der Waals surface area contributed by atoms with E-state index in [0.717, 1.165) is 5.56 Å². The Bertz CT molecular complexity index is 350. The molecule has 0 atom stereocenters. The van der Waals surface area contributed by atoms with E-state index in [4.69, 9.17) is 5.73 Å². The van der Waals surface area contributed by atoms with Gasteiger partial charge >= 0.3 is 0 Å². The first kappa shape index (κ1) is 10.8. The van der Waals surface area contributed by atoms with Crippen molar-refractivity contribution < 1.29 is 4.79 Å². The first-order valence-electron chi connectivity index (χ1n) is 4.19. The summed E-state index contributed by atoms with van der Waals surface area (Å²) in [5, 5.41) is 0.125. The zero-order valence-corrected chi connectivity index (χ0v) is 8.75. The molecule has 1 aromatic heterocycles. The lowest BCUT2D eigenvalue weighted by atomic mass is 10.2. The third kappa shape index (κ3) is 4.09. The molecule has 0 amide bonds. The Hall–Kier alpha value is -1.29. The zero-order chi connectivity index (χ0) is 10.4. The van der Waals surface area contributed by atoms with Crippen LogP contribution in [-0.4, -0.2) is 15.9 Å². The molecule has 0 saturated carbocycles. The standard InChI is InChI=1S/C10H12N2OS/c1-8(13)14-4-2-3-9-5-10(11)7-12-6-9/h2-3,5-7H,4,11H2,1H3. The molecule has 0 bridgehead atoms. The average molecular weight is 208 g/mol. The fraction of sp³-hybridized carbons (Fsp3) is 0.200. The molecule has 0 saturated heterocycles. The van der Waals surface area contributed by atoms with E-state index in [1.54, 1.807) is 19.3 Å². The van der Waals surface area contributed by atoms with Crippen molar-refractivity contribution in [3.05, 3.63) is 30.1 Å². The average Bonchev–Trinajstić information content (AvgIpc) is 2.12. The van der Waals surface area contributed by atoms with Gasteiger partial charge in [-0.25, -0.2) is 0 Å². The van der Waals surface area contributed by atoms with Crippen LogP contribution in [0.3, 0.4) is 0 Å². The van der Waals surface area contributed by atoms with Crippen LogP contribution in [0.25, 0.3) is 6.08 Å². The van der Waals surface area contributed by atoms with Gasteiger partial charge in [-0.3, -0.25) is 9.78 Å². The van der Waals surface area contributed by atoms with Crippen LogP contribution in [-0.2, 0) is 4.79 Å². The minimum Gasteiger partial charge on any atom is -0.397 e. The van der Waals surface area contributed by atoms with Crippen molar-refractivity contribution in [1.29, 1.82) is 0 Å². The maximum Gasteiger partial charge on any atom is 0.186 e. The maximum absolute atomic E-state index is 10.6. The summed E-state index contributed by atoms with van der Waals surface area (Å²) < 4.78 is 0. The monoisotopic (exact) mass is 208 g/mol. The van der Waals surface area contributed by atoms with Gasteiger partial charge in [-0.15, -0.1) is 0 Å². The molecule has 0 fully saturated rings. The van der Waals surface area contributed by atoms with Gasteiger partial charge in [-0.05, 0) is 11.6 Å². The second-order valence-corrected chi connectivity index (χ2v) is 3.95. The molecule has 0 spiro atoms. The van der Waals surface area contributed by atoms with Gasteiger partial charge in [-0.2, -0.15) is 0 Å². The minimum atomic E-state index is 0.125. The van der Waals surface area contributed by atoms with E-state index in [1.165, 1.54) is 11.8 Å². The predicted molar refractivity (Wildman–Crippen MR) is 60.8 cm³/mol. The highest BCUT2D eigenvalue weighted by Gasteiger charge is 1.90. The smallest absolute Gasteiger partial charge is 0.186 e. The maximum atomic E-state index is 10.6. The zero-order valence-electron chi connectivity index (χ0n) is 7.93. The van der Waals surface area contributed by atoms with Gasteiger partial charge in [0.1, 0.15) is 0 Å². The number of pyridine rings is 1. The normalized spacial score (nSPS) is 10.6. The van der Waals surface area contributed by atoms with Crippen LogP contribution in [0.5, 0.6) is 0 Å². The number of hydrogen-bond acceptors (Lipinski definition) is 4. The molecular formula is C10H12N2OS. The molecule has 14 heavy (non-hydrogen) atoms. The molecule has 4 heteroatoms. The molecule has 0 unspecified atom stereocenters. The number of anilines is 1. The molecule has 1 rings (SSSR count). The number of carbonyl (C=O) groups excluding carboxylic acids is 1. The molecule has 0 aliphatic heterocycles. The van der Waals surface area contributed by atoms with Gasteiger partial charge < -0.3 is 5.73 Å². The quantitative estimate of drug-likeness (QED) is 0.825. The molecule has 1 heterocycles. The van der Waals surface area contributed by atoms with E-state index in [9.17, 15) is 4.79 Å². The lowest BCUT2D eigenvalue weighted by molar-refractivity contribution is -0.109. The summed E-state index contributed by atoms with van der Waals surface area (Å²) in [7, 11) is 0. The fourth-order valence-corrected chi connectivity index (χ4v) is 1.34. The van der Waals surface area contributed by atoms with Crippen LogP contribution in [0.1, 0.15) is 12.5 Å². The second-order valence-electron chi connectivity index (χ2n) is 2.76. The molecule has 0 aliphatic carbocycles. The Balaban J connectivity index is 2.47. The lowest BCUT2D eigenvalue weighted by Crippen LogP contribution is -1.86. The first-order valence-corrected chi connectivity index (χ1v) is 5.17. The van der Waals surface area contributed by atoms with Gasteiger partial charge in [0, 0.05) is 25.1 Å². The molecule has 74 valence electrons. The Morgan fingerprint density at radius 1 is 1.64 bits per heavy atom. The van der Waals surface area contributed by atoms with Crippen molar-refractivity contribution in [2.75, 3.05) is 11.5 Å². The predicted octanol–water partition coefficient (Wildman–Crippen LogP) is 1.96. The van der Waals surface area contributed by atoms with Gasteiger partial charge in [0.15, 0.2) is 5.12 Å². The van der Waals surface area contributed by atoms with Gasteiger partial charge in [0.25, 0.3) is 0 Å². The van der Waals surface area contributed by atoms with E-state index in [2.05, 4.69) is 4.98 Å². The van der Waals surface area contributed by atoms with Crippen LogP contribution in [0.2, 0.25) is 0 Å². The molecule has 0 aliphatic rings. The number of carbonyl (C=O) groups is 1. The Kier molecular flexibility index (Phi) is 4.19. The summed E-state index contributed by atoms with van der Waals surface area (Å²) in [6.45, 7) is 1.56. The SMILES string of the molecule is CC(=O)SCC=Cc1cncc(N)c1. The van der Waals surface area contributed by atoms with Crippen LogP contribution in [0.4, 0.5) is 5.69 Å². The van der Waals surface area contributed by atoms with Gasteiger partial charge in [-0.1, -0.05) is 23.9 Å². The van der Waals surface area contributed by atoms with Crippen molar-refractivity contribution >= 4 is 28.6 Å². The van der Waals surface area contributed by atoms with E-state index in [0.29, 0.717) is 11.4 Å². The Morgan fingerprint density at radius 3 is 3.07 bits per heavy atom. The van der Waals surface area contributed by atoms with Crippen LogP contribution in [0, 0.1) is 0 Å². The lowest BCUT2D eigenvalue weighted by Gasteiger charge is -1.94. The molecule has 1 aromatic rings.